The van der Waals surface area contributed by atoms with E-state index < -0.39 is 0 Å². The average molecular weight is 362 g/mol. The summed E-state index contributed by atoms with van der Waals surface area (Å²) in [5.41, 5.74) is 4.39. The molecule has 19 heavy (non-hydrogen) atoms. The lowest BCUT2D eigenvalue weighted by Gasteiger charge is -2.18. The lowest BCUT2D eigenvalue weighted by molar-refractivity contribution is 0.365. The van der Waals surface area contributed by atoms with Gasteiger partial charge in [0.05, 0.1) is 6.61 Å². The van der Waals surface area contributed by atoms with Gasteiger partial charge in [0.1, 0.15) is 5.60 Å². The van der Waals surface area contributed by atoms with E-state index in [9.17, 15) is 0 Å². The first kappa shape index (κ1) is 12.9. The lowest BCUT2D eigenvalue weighted by atomic mass is 9.86. The highest BCUT2D eigenvalue weighted by Crippen LogP contribution is 2.49. The summed E-state index contributed by atoms with van der Waals surface area (Å²) in [7, 11) is 0. The quantitative estimate of drug-likeness (QED) is 0.577. The van der Waals surface area contributed by atoms with Crippen molar-refractivity contribution < 1.29 is 4.74 Å². The van der Waals surface area contributed by atoms with Crippen LogP contribution in [0.3, 0.4) is 0 Å². The van der Waals surface area contributed by atoms with Crippen LogP contribution in [0, 0.1) is 10.5 Å². The molecule has 1 nitrogen and oxygen atoms in total. The number of ether oxygens (including phenoxy) is 1. The molecule has 2 heteroatoms. The second-order valence-corrected chi connectivity index (χ2v) is 6.16. The van der Waals surface area contributed by atoms with E-state index in [0.29, 0.717) is 0 Å². The maximum Gasteiger partial charge on any atom is 0.142 e. The van der Waals surface area contributed by atoms with Gasteiger partial charge in [0.25, 0.3) is 0 Å². The Morgan fingerprint density at radius 3 is 2.37 bits per heavy atom. The van der Waals surface area contributed by atoms with E-state index in [1.807, 2.05) is 0 Å². The van der Waals surface area contributed by atoms with Crippen molar-refractivity contribution in [2.24, 2.45) is 0 Å². The molecule has 1 atom stereocenters. The Morgan fingerprint density at radius 1 is 1.16 bits per heavy atom. The zero-order valence-electron chi connectivity index (χ0n) is 10.8. The summed E-state index contributed by atoms with van der Waals surface area (Å²) in [6, 6.07) is 16.8. The average Bonchev–Trinajstić information content (AvgIpc) is 3.21. The van der Waals surface area contributed by atoms with Gasteiger partial charge in [0.15, 0.2) is 0 Å². The van der Waals surface area contributed by atoms with Gasteiger partial charge in [-0.1, -0.05) is 43.0 Å². The summed E-state index contributed by atoms with van der Waals surface area (Å²) in [5.74, 6) is 0. The number of epoxide rings is 1. The summed E-state index contributed by atoms with van der Waals surface area (Å²) in [6.45, 7) is 7.13. The normalized spacial score (nSPS) is 21.2. The van der Waals surface area contributed by atoms with Crippen molar-refractivity contribution in [3.8, 4) is 0 Å². The van der Waals surface area contributed by atoms with Crippen LogP contribution in [0.25, 0.3) is 5.57 Å². The highest BCUT2D eigenvalue weighted by molar-refractivity contribution is 14.1. The molecule has 1 unspecified atom stereocenters. The molecule has 0 bridgehead atoms. The zero-order chi connectivity index (χ0) is 13.5. The van der Waals surface area contributed by atoms with Crippen LogP contribution in [0.4, 0.5) is 0 Å². The van der Waals surface area contributed by atoms with Crippen LogP contribution in [0.5, 0.6) is 0 Å². The first-order valence-corrected chi connectivity index (χ1v) is 7.37. The van der Waals surface area contributed by atoms with Crippen molar-refractivity contribution in [1.82, 2.24) is 0 Å². The maximum atomic E-state index is 5.81. The molecule has 0 amide bonds. The van der Waals surface area contributed by atoms with Crippen LogP contribution in [0.2, 0.25) is 0 Å². The van der Waals surface area contributed by atoms with E-state index >= 15 is 0 Å². The Kier molecular flexibility index (Phi) is 3.23. The molecule has 3 rings (SSSR count). The fraction of sp³-hybridized carbons (Fsp3) is 0.176. The minimum absolute atomic E-state index is 0.307. The highest BCUT2D eigenvalue weighted by atomic mass is 127. The third kappa shape index (κ3) is 2.23. The summed E-state index contributed by atoms with van der Waals surface area (Å²) in [5, 5.41) is 0. The second-order valence-electron chi connectivity index (χ2n) is 4.92. The Labute approximate surface area is 127 Å². The van der Waals surface area contributed by atoms with Gasteiger partial charge in [-0.2, -0.15) is 0 Å². The molecule has 0 aromatic heterocycles. The van der Waals surface area contributed by atoms with Crippen LogP contribution < -0.4 is 0 Å². The molecule has 1 heterocycles. The molecule has 2 aromatic rings. The maximum absolute atomic E-state index is 5.81. The number of hydrogen-bond acceptors (Lipinski definition) is 1. The standard InChI is InChI=1S/C17H15IO/c1-12-5-3-4-6-16(12)17(11-19-17)13(2)14-7-9-15(18)10-8-14/h3-10H,2,11H2,1H3. The Bertz CT molecular complexity index is 624. The van der Waals surface area contributed by atoms with E-state index in [4.69, 9.17) is 4.74 Å². The third-order valence-corrected chi connectivity index (χ3v) is 4.41. The molecule has 0 spiro atoms. The summed E-state index contributed by atoms with van der Waals surface area (Å²) in [4.78, 5) is 0. The number of hydrogen-bond donors (Lipinski definition) is 0. The summed E-state index contributed by atoms with van der Waals surface area (Å²) >= 11 is 2.31. The van der Waals surface area contributed by atoms with Gasteiger partial charge in [0, 0.05) is 3.57 Å². The van der Waals surface area contributed by atoms with Crippen LogP contribution in [0.1, 0.15) is 16.7 Å². The van der Waals surface area contributed by atoms with Gasteiger partial charge in [-0.05, 0) is 63.9 Å². The van der Waals surface area contributed by atoms with E-state index in [1.54, 1.807) is 0 Å². The van der Waals surface area contributed by atoms with Crippen molar-refractivity contribution in [3.63, 3.8) is 0 Å². The number of benzene rings is 2. The van der Waals surface area contributed by atoms with Gasteiger partial charge in [-0.25, -0.2) is 0 Å². The van der Waals surface area contributed by atoms with Crippen molar-refractivity contribution in [2.45, 2.75) is 12.5 Å². The lowest BCUT2D eigenvalue weighted by Crippen LogP contribution is -2.12. The van der Waals surface area contributed by atoms with E-state index in [0.717, 1.165) is 17.7 Å². The zero-order valence-corrected chi connectivity index (χ0v) is 13.0. The highest BCUT2D eigenvalue weighted by Gasteiger charge is 2.50. The van der Waals surface area contributed by atoms with Gasteiger partial charge in [-0.15, -0.1) is 0 Å². The Morgan fingerprint density at radius 2 is 1.79 bits per heavy atom. The van der Waals surface area contributed by atoms with Crippen molar-refractivity contribution in [2.75, 3.05) is 6.61 Å². The Balaban J connectivity index is 2.00. The van der Waals surface area contributed by atoms with Crippen molar-refractivity contribution in [3.05, 3.63) is 75.4 Å². The molecule has 0 radical (unpaired) electrons. The smallest absolute Gasteiger partial charge is 0.142 e. The fourth-order valence-corrected chi connectivity index (χ4v) is 2.83. The minimum atomic E-state index is -0.307. The van der Waals surface area contributed by atoms with E-state index in [-0.39, 0.29) is 5.60 Å². The van der Waals surface area contributed by atoms with Crippen LogP contribution in [0.15, 0.2) is 55.1 Å². The molecular formula is C17H15IO. The van der Waals surface area contributed by atoms with Gasteiger partial charge >= 0.3 is 0 Å². The molecule has 0 aliphatic carbocycles. The number of rotatable bonds is 3. The first-order valence-electron chi connectivity index (χ1n) is 6.29. The predicted octanol–water partition coefficient (Wildman–Crippen LogP) is 4.54. The molecule has 96 valence electrons. The molecule has 1 aliphatic heterocycles. The largest absolute Gasteiger partial charge is 0.359 e. The topological polar surface area (TPSA) is 12.5 Å². The molecule has 1 fully saturated rings. The second kappa shape index (κ2) is 4.76. The molecular weight excluding hydrogens is 347 g/mol. The fourth-order valence-electron chi connectivity index (χ4n) is 2.47. The molecule has 2 aromatic carbocycles. The minimum Gasteiger partial charge on any atom is -0.359 e. The number of aryl methyl sites for hydroxylation is 1. The molecule has 0 saturated carbocycles. The van der Waals surface area contributed by atoms with Crippen LogP contribution >= 0.6 is 22.6 Å². The predicted molar refractivity (Wildman–Crippen MR) is 87.0 cm³/mol. The van der Waals surface area contributed by atoms with Gasteiger partial charge < -0.3 is 4.74 Å². The first-order chi connectivity index (χ1) is 9.13. The monoisotopic (exact) mass is 362 g/mol. The molecule has 1 aliphatic rings. The third-order valence-electron chi connectivity index (χ3n) is 3.69. The summed E-state index contributed by atoms with van der Waals surface area (Å²) < 4.78 is 7.04. The van der Waals surface area contributed by atoms with E-state index in [2.05, 4.69) is 84.6 Å². The van der Waals surface area contributed by atoms with Gasteiger partial charge in [0.2, 0.25) is 0 Å². The SMILES string of the molecule is C=C(c1ccc(I)cc1)C1(c2ccccc2C)CO1. The molecule has 1 saturated heterocycles. The number of halogens is 1. The summed E-state index contributed by atoms with van der Waals surface area (Å²) in [6.07, 6.45) is 0. The van der Waals surface area contributed by atoms with Crippen LogP contribution in [-0.2, 0) is 10.3 Å². The van der Waals surface area contributed by atoms with Crippen molar-refractivity contribution in [1.29, 1.82) is 0 Å². The van der Waals surface area contributed by atoms with Crippen LogP contribution in [-0.4, -0.2) is 6.61 Å². The van der Waals surface area contributed by atoms with Crippen molar-refractivity contribution >= 4 is 28.2 Å². The Hall–Kier alpha value is -1.13. The van der Waals surface area contributed by atoms with E-state index in [1.165, 1.54) is 14.7 Å². The molecule has 0 N–H and O–H groups in total. The van der Waals surface area contributed by atoms with Gasteiger partial charge in [-0.3, -0.25) is 0 Å².